The molecule has 4 heteroatoms. The molecule has 1 aliphatic heterocycles. The number of guanidine groups is 1. The average Bonchev–Trinajstić information content (AvgIpc) is 2.04. The van der Waals surface area contributed by atoms with Gasteiger partial charge in [-0.2, -0.15) is 0 Å². The third kappa shape index (κ3) is 2.59. The minimum absolute atomic E-state index is 0.730. The minimum Gasteiger partial charge on any atom is -0.341 e. The highest BCUT2D eigenvalue weighted by molar-refractivity contribution is 5.79. The van der Waals surface area contributed by atoms with Crippen LogP contribution in [0, 0.1) is 11.8 Å². The van der Waals surface area contributed by atoms with Crippen molar-refractivity contribution in [1.82, 2.24) is 10.3 Å². The first-order valence-corrected chi connectivity index (χ1v) is 4.85. The van der Waals surface area contributed by atoms with Gasteiger partial charge in [-0.1, -0.05) is 13.8 Å². The van der Waals surface area contributed by atoms with Gasteiger partial charge in [-0.05, 0) is 18.3 Å². The summed E-state index contributed by atoms with van der Waals surface area (Å²) >= 11 is 0. The Balaban J connectivity index is 2.59. The molecule has 13 heavy (non-hydrogen) atoms. The molecule has 0 amide bonds. The number of hydrazine groups is 1. The molecular weight excluding hydrogens is 164 g/mol. The number of hydrogen-bond donors (Lipinski definition) is 2. The van der Waals surface area contributed by atoms with Crippen molar-refractivity contribution in [2.75, 3.05) is 20.1 Å². The Morgan fingerprint density at radius 2 is 1.92 bits per heavy atom. The number of nitrogens with two attached hydrogens (primary N) is 1. The third-order valence-corrected chi connectivity index (χ3v) is 2.51. The van der Waals surface area contributed by atoms with Crippen LogP contribution in [-0.2, 0) is 0 Å². The first-order valence-electron chi connectivity index (χ1n) is 4.85. The number of hydrogen-bond acceptors (Lipinski definition) is 2. The highest BCUT2D eigenvalue weighted by atomic mass is 15.4. The maximum atomic E-state index is 5.38. The number of nitrogens with one attached hydrogen (secondary N) is 1. The van der Waals surface area contributed by atoms with Crippen molar-refractivity contribution in [2.24, 2.45) is 22.7 Å². The molecule has 2 unspecified atom stereocenters. The van der Waals surface area contributed by atoms with Crippen LogP contribution in [0.5, 0.6) is 0 Å². The van der Waals surface area contributed by atoms with Gasteiger partial charge < -0.3 is 4.90 Å². The van der Waals surface area contributed by atoms with Crippen LogP contribution in [0.15, 0.2) is 4.99 Å². The molecule has 76 valence electrons. The molecule has 0 spiro atoms. The molecule has 1 fully saturated rings. The number of likely N-dealkylation sites (tertiary alicyclic amines) is 1. The van der Waals surface area contributed by atoms with Crippen molar-refractivity contribution < 1.29 is 0 Å². The lowest BCUT2D eigenvalue weighted by Gasteiger charge is -2.36. The molecule has 0 aromatic heterocycles. The first-order chi connectivity index (χ1) is 6.17. The summed E-state index contributed by atoms with van der Waals surface area (Å²) < 4.78 is 0. The normalized spacial score (nSPS) is 30.5. The van der Waals surface area contributed by atoms with E-state index < -0.39 is 0 Å². The summed E-state index contributed by atoms with van der Waals surface area (Å²) in [5.74, 6) is 7.65. The van der Waals surface area contributed by atoms with E-state index in [4.69, 9.17) is 5.84 Å². The van der Waals surface area contributed by atoms with Gasteiger partial charge in [0.25, 0.3) is 0 Å². The lowest BCUT2D eigenvalue weighted by Crippen LogP contribution is -2.50. The molecule has 0 aromatic carbocycles. The molecule has 0 radical (unpaired) electrons. The van der Waals surface area contributed by atoms with E-state index in [1.807, 2.05) is 0 Å². The molecule has 1 rings (SSSR count). The summed E-state index contributed by atoms with van der Waals surface area (Å²) in [5, 5.41) is 0. The molecule has 0 bridgehead atoms. The Bertz CT molecular complexity index is 180. The van der Waals surface area contributed by atoms with Crippen LogP contribution >= 0.6 is 0 Å². The molecule has 3 N–H and O–H groups in total. The zero-order valence-corrected chi connectivity index (χ0v) is 8.75. The van der Waals surface area contributed by atoms with Crippen molar-refractivity contribution in [3.8, 4) is 0 Å². The number of piperidine rings is 1. The molecule has 1 aliphatic rings. The van der Waals surface area contributed by atoms with E-state index in [1.54, 1.807) is 7.05 Å². The second kappa shape index (κ2) is 4.46. The van der Waals surface area contributed by atoms with Gasteiger partial charge in [0.2, 0.25) is 5.96 Å². The van der Waals surface area contributed by atoms with Gasteiger partial charge in [-0.15, -0.1) is 0 Å². The fraction of sp³-hybridized carbons (Fsp3) is 0.889. The summed E-state index contributed by atoms with van der Waals surface area (Å²) in [6.07, 6.45) is 1.30. The van der Waals surface area contributed by atoms with Gasteiger partial charge in [0.05, 0.1) is 0 Å². The maximum absolute atomic E-state index is 5.38. The molecule has 2 atom stereocenters. The highest BCUT2D eigenvalue weighted by Gasteiger charge is 2.23. The SMILES string of the molecule is CN=C(NN)N1CC(C)CC(C)C1. The van der Waals surface area contributed by atoms with Gasteiger partial charge in [0.1, 0.15) is 0 Å². The Kier molecular flexibility index (Phi) is 3.54. The predicted octanol–water partition coefficient (Wildman–Crippen LogP) is 0.413. The van der Waals surface area contributed by atoms with Gasteiger partial charge >= 0.3 is 0 Å². The van der Waals surface area contributed by atoms with E-state index in [1.165, 1.54) is 6.42 Å². The van der Waals surface area contributed by atoms with Crippen LogP contribution in [0.2, 0.25) is 0 Å². The topological polar surface area (TPSA) is 53.6 Å². The maximum Gasteiger partial charge on any atom is 0.208 e. The average molecular weight is 184 g/mol. The Morgan fingerprint density at radius 1 is 1.38 bits per heavy atom. The van der Waals surface area contributed by atoms with Crippen LogP contribution in [0.4, 0.5) is 0 Å². The number of aliphatic imine (C=N–C) groups is 1. The largest absolute Gasteiger partial charge is 0.341 e. The summed E-state index contributed by atoms with van der Waals surface area (Å²) in [4.78, 5) is 6.33. The Labute approximate surface area is 80.2 Å². The lowest BCUT2D eigenvalue weighted by molar-refractivity contribution is 0.208. The molecule has 1 saturated heterocycles. The van der Waals surface area contributed by atoms with Gasteiger partial charge in [-0.25, -0.2) is 5.84 Å². The summed E-state index contributed by atoms with van der Waals surface area (Å²) in [5.41, 5.74) is 2.64. The van der Waals surface area contributed by atoms with E-state index in [9.17, 15) is 0 Å². The first kappa shape index (κ1) is 10.3. The van der Waals surface area contributed by atoms with Crippen LogP contribution in [0.25, 0.3) is 0 Å². The van der Waals surface area contributed by atoms with Crippen molar-refractivity contribution >= 4 is 5.96 Å². The predicted molar refractivity (Wildman–Crippen MR) is 55.2 cm³/mol. The van der Waals surface area contributed by atoms with Crippen LogP contribution in [-0.4, -0.2) is 31.0 Å². The van der Waals surface area contributed by atoms with Crippen LogP contribution < -0.4 is 11.3 Å². The fourth-order valence-electron chi connectivity index (χ4n) is 2.13. The van der Waals surface area contributed by atoms with E-state index >= 15 is 0 Å². The summed E-state index contributed by atoms with van der Waals surface area (Å²) in [6.45, 7) is 6.65. The van der Waals surface area contributed by atoms with E-state index in [2.05, 4.69) is 29.2 Å². The monoisotopic (exact) mass is 184 g/mol. The zero-order chi connectivity index (χ0) is 9.84. The Morgan fingerprint density at radius 3 is 2.31 bits per heavy atom. The van der Waals surface area contributed by atoms with Crippen LogP contribution in [0.3, 0.4) is 0 Å². The highest BCUT2D eigenvalue weighted by Crippen LogP contribution is 2.20. The molecular formula is C9H20N4. The van der Waals surface area contributed by atoms with Crippen molar-refractivity contribution in [1.29, 1.82) is 0 Å². The van der Waals surface area contributed by atoms with Crippen molar-refractivity contribution in [3.05, 3.63) is 0 Å². The fourth-order valence-corrected chi connectivity index (χ4v) is 2.13. The van der Waals surface area contributed by atoms with Gasteiger partial charge in [-0.3, -0.25) is 10.4 Å². The van der Waals surface area contributed by atoms with E-state index in [0.29, 0.717) is 0 Å². The second-order valence-corrected chi connectivity index (χ2v) is 4.04. The van der Waals surface area contributed by atoms with E-state index in [-0.39, 0.29) is 0 Å². The van der Waals surface area contributed by atoms with Crippen LogP contribution in [0.1, 0.15) is 20.3 Å². The van der Waals surface area contributed by atoms with Crippen molar-refractivity contribution in [2.45, 2.75) is 20.3 Å². The number of rotatable bonds is 0. The third-order valence-electron chi connectivity index (χ3n) is 2.51. The molecule has 1 heterocycles. The molecule has 4 nitrogen and oxygen atoms in total. The summed E-state index contributed by atoms with van der Waals surface area (Å²) in [7, 11) is 1.76. The second-order valence-electron chi connectivity index (χ2n) is 4.04. The minimum atomic E-state index is 0.730. The number of nitrogens with zero attached hydrogens (tertiary/aromatic N) is 2. The summed E-state index contributed by atoms with van der Waals surface area (Å²) in [6, 6.07) is 0. The smallest absolute Gasteiger partial charge is 0.208 e. The van der Waals surface area contributed by atoms with Gasteiger partial charge in [0.15, 0.2) is 0 Å². The zero-order valence-electron chi connectivity index (χ0n) is 8.75. The lowest BCUT2D eigenvalue weighted by atomic mass is 9.92. The molecule has 0 saturated carbocycles. The molecule has 0 aromatic rings. The van der Waals surface area contributed by atoms with Gasteiger partial charge in [0, 0.05) is 20.1 Å². The van der Waals surface area contributed by atoms with E-state index in [0.717, 1.165) is 30.9 Å². The molecule has 0 aliphatic carbocycles. The quantitative estimate of drug-likeness (QED) is 0.248. The standard InChI is InChI=1S/C9H20N4/c1-7-4-8(2)6-13(5-7)9(11-3)12-10/h7-8H,4-6,10H2,1-3H3,(H,11,12). The Hall–Kier alpha value is -0.770. The van der Waals surface area contributed by atoms with Crippen molar-refractivity contribution in [3.63, 3.8) is 0 Å².